The molecule has 1 N–H and O–H groups in total. The molecular weight excluding hydrogens is 533 g/mol. The van der Waals surface area contributed by atoms with Crippen molar-refractivity contribution in [1.82, 2.24) is 14.9 Å². The van der Waals surface area contributed by atoms with E-state index >= 15 is 0 Å². The molecule has 1 aromatic heterocycles. The van der Waals surface area contributed by atoms with Gasteiger partial charge in [0.15, 0.2) is 11.9 Å². The van der Waals surface area contributed by atoms with Crippen LogP contribution in [0, 0.1) is 12.7 Å². The van der Waals surface area contributed by atoms with Gasteiger partial charge >= 0.3 is 17.7 Å². The number of carbonyl (C=O) groups excluding carboxylic acids is 1. The molecule has 0 radical (unpaired) electrons. The third-order valence-electron chi connectivity index (χ3n) is 5.93. The SMILES string of the molecule is COc1c(Nc2ccc(C)cc2F)ncnc1OC1CC2COCC(C1)N2C(=O)OC(CF)CF.O=S=O. The van der Waals surface area contributed by atoms with Gasteiger partial charge in [0.05, 0.1) is 38.1 Å². The van der Waals surface area contributed by atoms with Crippen LogP contribution in [-0.2, 0) is 21.0 Å². The van der Waals surface area contributed by atoms with Crippen molar-refractivity contribution in [2.24, 2.45) is 0 Å². The molecule has 11 nitrogen and oxygen atoms in total. The number of alkyl halides is 2. The topological polar surface area (TPSA) is 129 Å². The molecule has 2 fully saturated rings. The summed E-state index contributed by atoms with van der Waals surface area (Å²) in [6.45, 7) is 0.0769. The highest BCUT2D eigenvalue weighted by Crippen LogP contribution is 2.37. The van der Waals surface area contributed by atoms with Crippen molar-refractivity contribution in [3.05, 3.63) is 35.9 Å². The van der Waals surface area contributed by atoms with Gasteiger partial charge in [0.1, 0.15) is 31.6 Å². The zero-order valence-corrected chi connectivity index (χ0v) is 21.4. The Morgan fingerprint density at radius 1 is 1.21 bits per heavy atom. The number of anilines is 2. The van der Waals surface area contributed by atoms with Gasteiger partial charge in [-0.25, -0.2) is 22.9 Å². The van der Waals surface area contributed by atoms with Gasteiger partial charge in [0, 0.05) is 12.8 Å². The Kier molecular flexibility index (Phi) is 10.6. The highest BCUT2D eigenvalue weighted by atomic mass is 32.1. The minimum atomic E-state index is -1.42. The molecule has 0 spiro atoms. The molecular formula is C23H27F3N4O7S. The monoisotopic (exact) mass is 560 g/mol. The zero-order chi connectivity index (χ0) is 27.7. The van der Waals surface area contributed by atoms with Gasteiger partial charge in [-0.1, -0.05) is 6.07 Å². The van der Waals surface area contributed by atoms with Gasteiger partial charge in [0.25, 0.3) is 5.88 Å². The molecule has 2 bridgehead atoms. The minimum absolute atomic E-state index is 0.160. The average Bonchev–Trinajstić information content (AvgIpc) is 2.89. The molecule has 2 aromatic rings. The van der Waals surface area contributed by atoms with E-state index in [0.29, 0.717) is 12.8 Å². The summed E-state index contributed by atoms with van der Waals surface area (Å²) >= 11 is -0.750. The number of morpholine rings is 1. The molecule has 38 heavy (non-hydrogen) atoms. The van der Waals surface area contributed by atoms with E-state index in [-0.39, 0.29) is 42.5 Å². The lowest BCUT2D eigenvalue weighted by molar-refractivity contribution is -0.0966. The number of piperidine rings is 1. The number of rotatable bonds is 8. The maximum absolute atomic E-state index is 14.3. The minimum Gasteiger partial charge on any atom is -0.489 e. The fourth-order valence-electron chi connectivity index (χ4n) is 4.29. The fraction of sp³-hybridized carbons (Fsp3) is 0.522. The maximum atomic E-state index is 14.3. The van der Waals surface area contributed by atoms with Gasteiger partial charge < -0.3 is 24.3 Å². The molecule has 2 saturated heterocycles. The third-order valence-corrected chi connectivity index (χ3v) is 5.93. The van der Waals surface area contributed by atoms with E-state index in [1.807, 2.05) is 0 Å². The Balaban J connectivity index is 0.00000127. The quantitative estimate of drug-likeness (QED) is 0.514. The van der Waals surface area contributed by atoms with Crippen LogP contribution in [0.25, 0.3) is 0 Å². The van der Waals surface area contributed by atoms with Gasteiger partial charge in [0.2, 0.25) is 5.75 Å². The van der Waals surface area contributed by atoms with Crippen LogP contribution in [0.3, 0.4) is 0 Å². The maximum Gasteiger partial charge on any atom is 0.410 e. The number of amides is 1. The number of carbonyl (C=O) groups is 1. The molecule has 2 atom stereocenters. The van der Waals surface area contributed by atoms with Crippen molar-refractivity contribution in [3.8, 4) is 11.6 Å². The Labute approximate surface area is 220 Å². The third kappa shape index (κ3) is 7.10. The molecule has 2 aliphatic heterocycles. The van der Waals surface area contributed by atoms with Crippen molar-refractivity contribution in [1.29, 1.82) is 0 Å². The first-order valence-electron chi connectivity index (χ1n) is 11.5. The van der Waals surface area contributed by atoms with E-state index < -0.39 is 55.0 Å². The Morgan fingerprint density at radius 3 is 2.45 bits per heavy atom. The molecule has 208 valence electrons. The number of nitrogens with one attached hydrogen (secondary N) is 1. The van der Waals surface area contributed by atoms with Crippen LogP contribution in [-0.4, -0.2) is 87.3 Å². The van der Waals surface area contributed by atoms with Gasteiger partial charge in [-0.15, -0.1) is 0 Å². The number of fused-ring (bicyclic) bond motifs is 2. The molecule has 0 aliphatic carbocycles. The Bertz CT molecular complexity index is 1120. The summed E-state index contributed by atoms with van der Waals surface area (Å²) in [6.07, 6.45) is -0.519. The first-order chi connectivity index (χ1) is 18.3. The largest absolute Gasteiger partial charge is 0.489 e. The number of aryl methyl sites for hydroxylation is 1. The summed E-state index contributed by atoms with van der Waals surface area (Å²) in [5.41, 5.74) is 0.998. The molecule has 15 heteroatoms. The summed E-state index contributed by atoms with van der Waals surface area (Å²) < 4.78 is 78.7. The number of nitrogens with zero attached hydrogens (tertiary/aromatic N) is 3. The summed E-state index contributed by atoms with van der Waals surface area (Å²) in [4.78, 5) is 22.4. The molecule has 2 unspecified atom stereocenters. The number of methoxy groups -OCH3 is 1. The summed E-state index contributed by atoms with van der Waals surface area (Å²) in [5.74, 6) is 0.146. The van der Waals surface area contributed by atoms with E-state index in [2.05, 4.69) is 15.3 Å². The average molecular weight is 561 g/mol. The van der Waals surface area contributed by atoms with Crippen LogP contribution >= 0.6 is 0 Å². The number of hydrogen-bond acceptors (Lipinski definition) is 10. The first kappa shape index (κ1) is 29.1. The van der Waals surface area contributed by atoms with Crippen LogP contribution in [0.15, 0.2) is 24.5 Å². The van der Waals surface area contributed by atoms with Crippen LogP contribution in [0.2, 0.25) is 0 Å². The van der Waals surface area contributed by atoms with Crippen molar-refractivity contribution < 1.29 is 45.3 Å². The predicted molar refractivity (Wildman–Crippen MR) is 128 cm³/mol. The highest BCUT2D eigenvalue weighted by molar-refractivity contribution is 7.51. The number of ether oxygens (including phenoxy) is 4. The molecule has 3 heterocycles. The smallest absolute Gasteiger partial charge is 0.410 e. The predicted octanol–water partition coefficient (Wildman–Crippen LogP) is 3.06. The number of hydrogen-bond donors (Lipinski definition) is 1. The van der Waals surface area contributed by atoms with E-state index in [9.17, 15) is 18.0 Å². The summed E-state index contributed by atoms with van der Waals surface area (Å²) in [7, 11) is 1.43. The lowest BCUT2D eigenvalue weighted by Gasteiger charge is -2.47. The van der Waals surface area contributed by atoms with Crippen LogP contribution < -0.4 is 14.8 Å². The van der Waals surface area contributed by atoms with E-state index in [1.54, 1.807) is 19.1 Å². The van der Waals surface area contributed by atoms with Crippen LogP contribution in [0.5, 0.6) is 11.6 Å². The van der Waals surface area contributed by atoms with Crippen molar-refractivity contribution in [3.63, 3.8) is 0 Å². The van der Waals surface area contributed by atoms with Gasteiger partial charge in [-0.2, -0.15) is 13.4 Å². The molecule has 4 rings (SSSR count). The number of aromatic nitrogens is 2. The van der Waals surface area contributed by atoms with E-state index in [0.717, 1.165) is 5.56 Å². The molecule has 0 saturated carbocycles. The van der Waals surface area contributed by atoms with Gasteiger partial charge in [-0.3, -0.25) is 4.90 Å². The number of halogens is 3. The lowest BCUT2D eigenvalue weighted by Crippen LogP contribution is -2.61. The van der Waals surface area contributed by atoms with Crippen LogP contribution in [0.4, 0.5) is 29.5 Å². The molecule has 1 amide bonds. The Hall–Kier alpha value is -3.46. The molecule has 2 aliphatic rings. The standard InChI is InChI=1S/C23H27F3N4O5.O2S/c1-13-3-4-19(18(26)5-13)29-21-20(32-2)22(28-12-27-21)34-16-6-14-10-33-11-15(7-16)30(14)23(31)35-17(8-24)9-25;1-3-2/h3-5,12,14-17H,6-11H2,1-2H3,(H,27,28,29);. The van der Waals surface area contributed by atoms with Crippen molar-refractivity contribution >= 4 is 29.2 Å². The van der Waals surface area contributed by atoms with Gasteiger partial charge in [-0.05, 0) is 24.6 Å². The second-order valence-electron chi connectivity index (χ2n) is 8.52. The van der Waals surface area contributed by atoms with Crippen LogP contribution in [0.1, 0.15) is 18.4 Å². The second-order valence-corrected chi connectivity index (χ2v) is 8.65. The Morgan fingerprint density at radius 2 is 1.87 bits per heavy atom. The first-order valence-corrected chi connectivity index (χ1v) is 12.2. The highest BCUT2D eigenvalue weighted by Gasteiger charge is 2.44. The number of benzene rings is 1. The van der Waals surface area contributed by atoms with Crippen molar-refractivity contribution in [2.45, 2.75) is 44.1 Å². The summed E-state index contributed by atoms with van der Waals surface area (Å²) in [5, 5.41) is 2.91. The normalized spacial score (nSPS) is 20.2. The van der Waals surface area contributed by atoms with E-state index in [1.165, 1.54) is 24.4 Å². The summed E-state index contributed by atoms with van der Waals surface area (Å²) in [6, 6.07) is 3.97. The second kappa shape index (κ2) is 13.9. The molecule has 1 aromatic carbocycles. The van der Waals surface area contributed by atoms with Crippen molar-refractivity contribution in [2.75, 3.05) is 39.0 Å². The zero-order valence-electron chi connectivity index (χ0n) is 20.6. The fourth-order valence-corrected chi connectivity index (χ4v) is 4.29. The lowest BCUT2D eigenvalue weighted by atomic mass is 9.92. The van der Waals surface area contributed by atoms with E-state index in [4.69, 9.17) is 27.4 Å².